The minimum absolute atomic E-state index is 0.0740. The number of allylic oxidation sites excluding steroid dienone is 4. The van der Waals surface area contributed by atoms with Gasteiger partial charge in [-0.05, 0) is 79.9 Å². The van der Waals surface area contributed by atoms with Gasteiger partial charge in [0.2, 0.25) is 0 Å². The maximum atomic E-state index is 10.6. The number of hydrogen-bond acceptors (Lipinski definition) is 2. The number of aliphatic hydroxyl groups is 1. The lowest BCUT2D eigenvalue weighted by atomic mass is 9.53. The zero-order chi connectivity index (χ0) is 18.2. The van der Waals surface area contributed by atoms with Crippen molar-refractivity contribution in [3.63, 3.8) is 0 Å². The molecule has 0 bridgehead atoms. The van der Waals surface area contributed by atoms with Crippen LogP contribution < -0.4 is 0 Å². The maximum absolute atomic E-state index is 10.6. The molecule has 1 N–H and O–H groups in total. The smallest absolute Gasteiger partial charge is 0.0962 e. The summed E-state index contributed by atoms with van der Waals surface area (Å²) in [5.41, 5.74) is 2.68. The van der Waals surface area contributed by atoms with Crippen molar-refractivity contribution in [1.82, 2.24) is 0 Å². The molecule has 2 saturated carbocycles. The zero-order valence-electron chi connectivity index (χ0n) is 15.7. The molecular formula is C23H32O2. The van der Waals surface area contributed by atoms with Crippen LogP contribution in [0, 0.1) is 41.9 Å². The van der Waals surface area contributed by atoms with E-state index in [1.54, 1.807) is 0 Å². The van der Waals surface area contributed by atoms with Gasteiger partial charge in [0.05, 0.1) is 18.5 Å². The largest absolute Gasteiger partial charge is 0.498 e. The molecule has 2 fully saturated rings. The Morgan fingerprint density at radius 2 is 2.08 bits per heavy atom. The summed E-state index contributed by atoms with van der Waals surface area (Å²) in [6.45, 7) is 9.31. The molecule has 0 heterocycles. The van der Waals surface area contributed by atoms with E-state index in [0.717, 1.165) is 43.3 Å². The Morgan fingerprint density at radius 3 is 2.80 bits per heavy atom. The Hall–Kier alpha value is -1.46. The summed E-state index contributed by atoms with van der Waals surface area (Å²) < 4.78 is 5.76. The molecule has 4 rings (SSSR count). The molecule has 0 aliphatic heterocycles. The van der Waals surface area contributed by atoms with Gasteiger partial charge in [0.25, 0.3) is 0 Å². The summed E-state index contributed by atoms with van der Waals surface area (Å²) in [6, 6.07) is 0. The molecule has 25 heavy (non-hydrogen) atoms. The normalized spacial score (nSPS) is 42.0. The summed E-state index contributed by atoms with van der Waals surface area (Å²) in [4.78, 5) is 0. The number of ether oxygens (including phenoxy) is 1. The molecule has 4 aliphatic carbocycles. The predicted molar refractivity (Wildman–Crippen MR) is 103 cm³/mol. The van der Waals surface area contributed by atoms with E-state index in [-0.39, 0.29) is 11.5 Å². The van der Waals surface area contributed by atoms with Gasteiger partial charge in [-0.15, -0.1) is 12.8 Å². The Bertz CT molecular complexity index is 611. The third-order valence-corrected chi connectivity index (χ3v) is 7.35. The van der Waals surface area contributed by atoms with Crippen LogP contribution in [-0.4, -0.2) is 17.8 Å². The first kappa shape index (κ1) is 18.3. The van der Waals surface area contributed by atoms with Crippen LogP contribution >= 0.6 is 0 Å². The van der Waals surface area contributed by atoms with Crippen LogP contribution in [0.15, 0.2) is 35.6 Å². The van der Waals surface area contributed by atoms with Gasteiger partial charge in [0.1, 0.15) is 0 Å². The van der Waals surface area contributed by atoms with Gasteiger partial charge in [-0.2, -0.15) is 0 Å². The molecule has 0 aromatic rings. The van der Waals surface area contributed by atoms with E-state index in [1.165, 1.54) is 30.6 Å². The van der Waals surface area contributed by atoms with Crippen molar-refractivity contribution < 1.29 is 9.84 Å². The van der Waals surface area contributed by atoms with E-state index in [9.17, 15) is 5.11 Å². The number of hydrogen-bond donors (Lipinski definition) is 1. The van der Waals surface area contributed by atoms with Crippen molar-refractivity contribution in [2.45, 2.75) is 58.5 Å². The van der Waals surface area contributed by atoms with Gasteiger partial charge in [0.15, 0.2) is 0 Å². The van der Waals surface area contributed by atoms with Crippen molar-refractivity contribution in [1.29, 1.82) is 0 Å². The van der Waals surface area contributed by atoms with Gasteiger partial charge in [-0.1, -0.05) is 19.6 Å². The van der Waals surface area contributed by atoms with Crippen molar-refractivity contribution in [3.8, 4) is 12.8 Å². The second-order valence-electron chi connectivity index (χ2n) is 8.37. The van der Waals surface area contributed by atoms with Crippen LogP contribution in [-0.2, 0) is 4.74 Å². The van der Waals surface area contributed by atoms with Crippen LogP contribution in [0.25, 0.3) is 0 Å². The van der Waals surface area contributed by atoms with Crippen LogP contribution in [0.5, 0.6) is 0 Å². The monoisotopic (exact) mass is 340 g/mol. The number of aliphatic hydroxyl groups excluding tert-OH is 1. The Kier molecular flexibility index (Phi) is 5.16. The molecule has 4 aliphatic rings. The SMILES string of the molecule is C#C.C=C1CC2[C@@H]3CC=C4C=C(OCC)CC[C@@H]4C3CC[C@]2(C)[C@H]1O. The number of terminal acetylenes is 1. The molecule has 0 spiro atoms. The molecule has 136 valence electrons. The lowest BCUT2D eigenvalue weighted by Crippen LogP contribution is -2.46. The highest BCUT2D eigenvalue weighted by Gasteiger charge is 2.56. The first-order valence-corrected chi connectivity index (χ1v) is 9.77. The van der Waals surface area contributed by atoms with Crippen LogP contribution in [0.4, 0.5) is 0 Å². The number of fused-ring (bicyclic) bond motifs is 5. The molecule has 2 unspecified atom stereocenters. The lowest BCUT2D eigenvalue weighted by molar-refractivity contribution is -0.0412. The van der Waals surface area contributed by atoms with Crippen molar-refractivity contribution in [2.24, 2.45) is 29.1 Å². The quantitative estimate of drug-likeness (QED) is 0.574. The van der Waals surface area contributed by atoms with Crippen LogP contribution in [0.1, 0.15) is 52.4 Å². The first-order chi connectivity index (χ1) is 12.0. The zero-order valence-corrected chi connectivity index (χ0v) is 15.7. The van der Waals surface area contributed by atoms with Gasteiger partial charge in [0, 0.05) is 11.8 Å². The van der Waals surface area contributed by atoms with Crippen molar-refractivity contribution in [3.05, 3.63) is 35.6 Å². The fraction of sp³-hybridized carbons (Fsp3) is 0.652. The third kappa shape index (κ3) is 2.87. The summed E-state index contributed by atoms with van der Waals surface area (Å²) in [5.74, 6) is 4.05. The summed E-state index contributed by atoms with van der Waals surface area (Å²) in [5, 5.41) is 10.6. The van der Waals surface area contributed by atoms with Crippen molar-refractivity contribution in [2.75, 3.05) is 6.61 Å². The van der Waals surface area contributed by atoms with E-state index in [1.807, 2.05) is 0 Å². The summed E-state index contributed by atoms with van der Waals surface area (Å²) >= 11 is 0. The van der Waals surface area contributed by atoms with Crippen LogP contribution in [0.2, 0.25) is 0 Å². The fourth-order valence-electron chi connectivity index (χ4n) is 6.16. The molecule has 0 aromatic heterocycles. The summed E-state index contributed by atoms with van der Waals surface area (Å²) in [7, 11) is 0. The van der Waals surface area contributed by atoms with E-state index in [4.69, 9.17) is 4.74 Å². The van der Waals surface area contributed by atoms with Gasteiger partial charge in [-0.25, -0.2) is 0 Å². The molecule has 2 nitrogen and oxygen atoms in total. The summed E-state index contributed by atoms with van der Waals surface area (Å²) in [6.07, 6.45) is 19.5. The highest BCUT2D eigenvalue weighted by atomic mass is 16.5. The molecular weight excluding hydrogens is 308 g/mol. The van der Waals surface area contributed by atoms with E-state index < -0.39 is 0 Å². The molecule has 0 saturated heterocycles. The highest BCUT2D eigenvalue weighted by Crippen LogP contribution is 2.62. The average Bonchev–Trinajstić information content (AvgIpc) is 2.87. The standard InChI is InChI=1S/C21H30O2.C2H2/c1-4-23-15-6-8-16-14(12-15)5-7-18-17(16)9-10-21(3)19(18)11-13(2)20(21)22;1-2/h5,12,16-20,22H,2,4,6-11H2,1,3H3;1-2H/t16-,17?,18+,19?,20-,21-;/m0./s1. The Balaban J connectivity index is 0.000000880. The van der Waals surface area contributed by atoms with Gasteiger partial charge < -0.3 is 9.84 Å². The molecule has 0 radical (unpaired) electrons. The highest BCUT2D eigenvalue weighted by molar-refractivity contribution is 5.32. The van der Waals surface area contributed by atoms with E-state index in [0.29, 0.717) is 11.8 Å². The lowest BCUT2D eigenvalue weighted by Gasteiger charge is -2.52. The molecule has 6 atom stereocenters. The molecule has 0 amide bonds. The molecule has 2 heteroatoms. The van der Waals surface area contributed by atoms with Gasteiger partial charge in [-0.3, -0.25) is 0 Å². The van der Waals surface area contributed by atoms with Crippen molar-refractivity contribution >= 4 is 0 Å². The topological polar surface area (TPSA) is 29.5 Å². The second kappa shape index (κ2) is 7.04. The Labute approximate surface area is 153 Å². The third-order valence-electron chi connectivity index (χ3n) is 7.35. The van der Waals surface area contributed by atoms with Crippen LogP contribution in [0.3, 0.4) is 0 Å². The number of rotatable bonds is 2. The van der Waals surface area contributed by atoms with E-state index in [2.05, 4.69) is 45.4 Å². The second-order valence-corrected chi connectivity index (χ2v) is 8.37. The minimum Gasteiger partial charge on any atom is -0.498 e. The first-order valence-electron chi connectivity index (χ1n) is 9.77. The predicted octanol–water partition coefficient (Wildman–Crippen LogP) is 4.87. The Morgan fingerprint density at radius 1 is 1.32 bits per heavy atom. The fourth-order valence-corrected chi connectivity index (χ4v) is 6.16. The average molecular weight is 341 g/mol. The minimum atomic E-state index is -0.283. The molecule has 0 aromatic carbocycles. The maximum Gasteiger partial charge on any atom is 0.0962 e. The van der Waals surface area contributed by atoms with Gasteiger partial charge >= 0.3 is 0 Å². The van der Waals surface area contributed by atoms with E-state index >= 15 is 0 Å².